The summed E-state index contributed by atoms with van der Waals surface area (Å²) in [6.07, 6.45) is 1.66. The maximum absolute atomic E-state index is 9.63. The highest BCUT2D eigenvalue weighted by Gasteiger charge is 2.20. The number of rotatable bonds is 5. The Hall–Kier alpha value is -1.68. The minimum atomic E-state index is -2.15. The third-order valence-electron chi connectivity index (χ3n) is 2.91. The van der Waals surface area contributed by atoms with Crippen molar-refractivity contribution in [1.29, 1.82) is 0 Å². The molecule has 106 valence electrons. The molecule has 1 unspecified atom stereocenters. The number of aromatic nitrogens is 1. The average Bonchev–Trinajstić information content (AvgIpc) is 2.45. The lowest BCUT2D eigenvalue weighted by Gasteiger charge is -2.21. The van der Waals surface area contributed by atoms with E-state index in [2.05, 4.69) is 10.3 Å². The molecule has 2 rings (SSSR count). The van der Waals surface area contributed by atoms with Crippen LogP contribution in [0.4, 0.5) is 11.5 Å². The Morgan fingerprint density at radius 3 is 2.30 bits per heavy atom. The maximum atomic E-state index is 9.63. The summed E-state index contributed by atoms with van der Waals surface area (Å²) in [4.78, 5) is 25.4. The SMILES string of the molecule is CN(C)c1ccc(C(Nc2ccccn2)P(O)O)cc1. The maximum Gasteiger partial charge on any atom is 0.194 e. The first-order valence-corrected chi connectivity index (χ1v) is 7.51. The van der Waals surface area contributed by atoms with Gasteiger partial charge < -0.3 is 20.0 Å². The monoisotopic (exact) mass is 291 g/mol. The van der Waals surface area contributed by atoms with Crippen molar-refractivity contribution >= 4 is 19.9 Å². The number of nitrogens with zero attached hydrogens (tertiary/aromatic N) is 2. The summed E-state index contributed by atoms with van der Waals surface area (Å²) < 4.78 is 0. The van der Waals surface area contributed by atoms with Gasteiger partial charge >= 0.3 is 0 Å². The van der Waals surface area contributed by atoms with Crippen LogP contribution in [0.3, 0.4) is 0 Å². The highest BCUT2D eigenvalue weighted by atomic mass is 31.2. The topological polar surface area (TPSA) is 68.6 Å². The molecule has 0 saturated heterocycles. The first-order chi connectivity index (χ1) is 9.58. The van der Waals surface area contributed by atoms with Gasteiger partial charge in [-0.3, -0.25) is 0 Å². The van der Waals surface area contributed by atoms with Crippen LogP contribution < -0.4 is 10.2 Å². The third kappa shape index (κ3) is 3.67. The number of hydrogen-bond acceptors (Lipinski definition) is 5. The van der Waals surface area contributed by atoms with Crippen LogP contribution in [-0.2, 0) is 0 Å². The molecule has 1 atom stereocenters. The van der Waals surface area contributed by atoms with Gasteiger partial charge in [0.1, 0.15) is 11.6 Å². The molecule has 0 saturated carbocycles. The van der Waals surface area contributed by atoms with Crippen LogP contribution in [0.2, 0.25) is 0 Å². The van der Waals surface area contributed by atoms with Gasteiger partial charge in [0.2, 0.25) is 0 Å². The largest absolute Gasteiger partial charge is 0.378 e. The Kier molecular flexibility index (Phi) is 4.90. The van der Waals surface area contributed by atoms with Crippen LogP contribution in [0.25, 0.3) is 0 Å². The molecular weight excluding hydrogens is 273 g/mol. The summed E-state index contributed by atoms with van der Waals surface area (Å²) in [6, 6.07) is 13.1. The van der Waals surface area contributed by atoms with Crippen LogP contribution in [0, 0.1) is 0 Å². The summed E-state index contributed by atoms with van der Waals surface area (Å²) in [5.41, 5.74) is 1.88. The smallest absolute Gasteiger partial charge is 0.194 e. The lowest BCUT2D eigenvalue weighted by molar-refractivity contribution is 0.471. The Bertz CT molecular complexity index is 532. The van der Waals surface area contributed by atoms with E-state index in [-0.39, 0.29) is 0 Å². The Morgan fingerprint density at radius 2 is 1.80 bits per heavy atom. The molecule has 3 N–H and O–H groups in total. The van der Waals surface area contributed by atoms with E-state index >= 15 is 0 Å². The van der Waals surface area contributed by atoms with Crippen LogP contribution in [-0.4, -0.2) is 28.9 Å². The summed E-state index contributed by atoms with van der Waals surface area (Å²) in [5.74, 6) is 0.0564. The first-order valence-electron chi connectivity index (χ1n) is 6.20. The molecule has 0 bridgehead atoms. The Morgan fingerprint density at radius 1 is 1.10 bits per heavy atom. The van der Waals surface area contributed by atoms with Gasteiger partial charge in [0.15, 0.2) is 8.38 Å². The third-order valence-corrected chi connectivity index (χ3v) is 3.79. The summed E-state index contributed by atoms with van der Waals surface area (Å²) >= 11 is 0. The lowest BCUT2D eigenvalue weighted by Crippen LogP contribution is -2.11. The van der Waals surface area contributed by atoms with E-state index in [0.29, 0.717) is 5.82 Å². The van der Waals surface area contributed by atoms with E-state index in [0.717, 1.165) is 11.3 Å². The summed E-state index contributed by atoms with van der Waals surface area (Å²) in [6.45, 7) is 0. The first kappa shape index (κ1) is 14.7. The van der Waals surface area contributed by atoms with Gasteiger partial charge in [-0.2, -0.15) is 0 Å². The minimum absolute atomic E-state index is 0.559. The van der Waals surface area contributed by atoms with Gasteiger partial charge in [-0.15, -0.1) is 0 Å². The van der Waals surface area contributed by atoms with Gasteiger partial charge in [-0.05, 0) is 29.8 Å². The highest BCUT2D eigenvalue weighted by Crippen LogP contribution is 2.43. The number of nitrogens with one attached hydrogen (secondary N) is 1. The fourth-order valence-electron chi connectivity index (χ4n) is 1.82. The second-order valence-electron chi connectivity index (χ2n) is 4.57. The molecule has 1 heterocycles. The fourth-order valence-corrected chi connectivity index (χ4v) is 2.50. The van der Waals surface area contributed by atoms with Gasteiger partial charge in [-0.1, -0.05) is 18.2 Å². The number of hydrogen-bond donors (Lipinski definition) is 3. The Labute approximate surface area is 119 Å². The van der Waals surface area contributed by atoms with Crippen molar-refractivity contribution in [3.63, 3.8) is 0 Å². The molecule has 5 nitrogen and oxygen atoms in total. The predicted molar refractivity (Wildman–Crippen MR) is 82.7 cm³/mol. The molecular formula is C14H18N3O2P. The van der Waals surface area contributed by atoms with Gasteiger partial charge in [0.25, 0.3) is 0 Å². The molecule has 0 amide bonds. The van der Waals surface area contributed by atoms with Crippen molar-refractivity contribution < 1.29 is 9.79 Å². The van der Waals surface area contributed by atoms with Gasteiger partial charge in [0, 0.05) is 26.0 Å². The zero-order valence-corrected chi connectivity index (χ0v) is 12.3. The van der Waals surface area contributed by atoms with Gasteiger partial charge in [-0.25, -0.2) is 4.98 Å². The zero-order valence-electron chi connectivity index (χ0n) is 11.4. The molecule has 1 aromatic heterocycles. The molecule has 20 heavy (non-hydrogen) atoms. The number of benzene rings is 1. The molecule has 0 aliphatic heterocycles. The van der Waals surface area contributed by atoms with Crippen LogP contribution in [0.5, 0.6) is 0 Å². The highest BCUT2D eigenvalue weighted by molar-refractivity contribution is 7.45. The zero-order chi connectivity index (χ0) is 14.5. The van der Waals surface area contributed by atoms with E-state index in [1.165, 1.54) is 0 Å². The molecule has 6 heteroatoms. The van der Waals surface area contributed by atoms with Crippen molar-refractivity contribution in [2.75, 3.05) is 24.3 Å². The van der Waals surface area contributed by atoms with Crippen LogP contribution >= 0.6 is 8.38 Å². The van der Waals surface area contributed by atoms with E-state index < -0.39 is 14.2 Å². The molecule has 0 spiro atoms. The van der Waals surface area contributed by atoms with Crippen molar-refractivity contribution in [2.24, 2.45) is 0 Å². The minimum Gasteiger partial charge on any atom is -0.378 e. The lowest BCUT2D eigenvalue weighted by atomic mass is 10.2. The van der Waals surface area contributed by atoms with Crippen molar-refractivity contribution in [3.8, 4) is 0 Å². The molecule has 0 aliphatic rings. The quantitative estimate of drug-likeness (QED) is 0.739. The molecule has 2 aromatic rings. The second kappa shape index (κ2) is 6.66. The second-order valence-corrected chi connectivity index (χ2v) is 5.73. The molecule has 0 radical (unpaired) electrons. The van der Waals surface area contributed by atoms with Crippen LogP contribution in [0.1, 0.15) is 11.3 Å². The molecule has 0 aliphatic carbocycles. The van der Waals surface area contributed by atoms with Crippen molar-refractivity contribution in [2.45, 2.75) is 5.78 Å². The normalized spacial score (nSPS) is 12.2. The van der Waals surface area contributed by atoms with E-state index in [9.17, 15) is 9.79 Å². The fraction of sp³-hybridized carbons (Fsp3) is 0.214. The number of anilines is 2. The van der Waals surface area contributed by atoms with Gasteiger partial charge in [0.05, 0.1) is 0 Å². The van der Waals surface area contributed by atoms with Crippen molar-refractivity contribution in [1.82, 2.24) is 4.98 Å². The predicted octanol–water partition coefficient (Wildman–Crippen LogP) is 2.55. The van der Waals surface area contributed by atoms with E-state index in [4.69, 9.17) is 0 Å². The average molecular weight is 291 g/mol. The van der Waals surface area contributed by atoms with E-state index in [1.54, 1.807) is 12.3 Å². The summed E-state index contributed by atoms with van der Waals surface area (Å²) in [5, 5.41) is 3.05. The Balaban J connectivity index is 2.20. The van der Waals surface area contributed by atoms with Crippen molar-refractivity contribution in [3.05, 3.63) is 54.2 Å². The number of pyridine rings is 1. The molecule has 1 aromatic carbocycles. The van der Waals surface area contributed by atoms with Crippen LogP contribution in [0.15, 0.2) is 48.7 Å². The van der Waals surface area contributed by atoms with E-state index in [1.807, 2.05) is 55.4 Å². The standard InChI is InChI=1S/C14H18N3O2P/c1-17(2)12-8-6-11(7-9-12)14(20(18)19)16-13-5-3-4-10-15-13/h3-10,14,18-19H,1-2H3,(H,15,16). The molecule has 0 fully saturated rings. The summed E-state index contributed by atoms with van der Waals surface area (Å²) in [7, 11) is 1.77.